The van der Waals surface area contributed by atoms with Gasteiger partial charge in [-0.05, 0) is 42.3 Å². The molecule has 1 fully saturated rings. The number of aromatic nitrogens is 2. The van der Waals surface area contributed by atoms with Gasteiger partial charge in [-0.15, -0.1) is 0 Å². The fourth-order valence-electron chi connectivity index (χ4n) is 2.81. The Labute approximate surface area is 122 Å². The minimum absolute atomic E-state index is 0.196. The van der Waals surface area contributed by atoms with E-state index < -0.39 is 0 Å². The van der Waals surface area contributed by atoms with Crippen LogP contribution < -0.4 is 4.90 Å². The van der Waals surface area contributed by atoms with Gasteiger partial charge in [-0.1, -0.05) is 18.2 Å². The third-order valence-electron chi connectivity index (χ3n) is 3.82. The third kappa shape index (κ3) is 2.20. The number of nitrogens with zero attached hydrogens (tertiary/aromatic N) is 3. The molecule has 1 aromatic carbocycles. The van der Waals surface area contributed by atoms with Crippen LogP contribution in [0.3, 0.4) is 0 Å². The zero-order chi connectivity index (χ0) is 14.1. The van der Waals surface area contributed by atoms with E-state index >= 15 is 0 Å². The fourth-order valence-corrected chi connectivity index (χ4v) is 2.81. The molecular formula is C16H15N3O2. The molecule has 0 amide bonds. The maximum absolute atomic E-state index is 5.53. The van der Waals surface area contributed by atoms with E-state index in [9.17, 15) is 0 Å². The Balaban J connectivity index is 1.63. The van der Waals surface area contributed by atoms with Crippen molar-refractivity contribution >= 4 is 5.95 Å². The largest absolute Gasteiger partial charge is 0.467 e. The molecule has 0 radical (unpaired) electrons. The van der Waals surface area contributed by atoms with E-state index in [1.54, 1.807) is 6.26 Å². The lowest BCUT2D eigenvalue weighted by Gasteiger charge is -2.20. The molecule has 5 heteroatoms. The van der Waals surface area contributed by atoms with Crippen molar-refractivity contribution in [3.8, 4) is 11.5 Å². The van der Waals surface area contributed by atoms with E-state index in [-0.39, 0.29) is 6.04 Å². The minimum atomic E-state index is 0.196. The van der Waals surface area contributed by atoms with Gasteiger partial charge in [-0.2, -0.15) is 4.98 Å². The summed E-state index contributed by atoms with van der Waals surface area (Å²) in [5, 5.41) is 4.13. The second kappa shape index (κ2) is 5.09. The highest BCUT2D eigenvalue weighted by molar-refractivity contribution is 5.54. The maximum Gasteiger partial charge on any atom is 0.266 e. The number of benzene rings is 1. The Morgan fingerprint density at radius 2 is 2.00 bits per heavy atom. The second-order valence-electron chi connectivity index (χ2n) is 5.13. The van der Waals surface area contributed by atoms with Gasteiger partial charge in [0.25, 0.3) is 11.8 Å². The first-order valence-corrected chi connectivity index (χ1v) is 7.11. The molecule has 5 nitrogen and oxygen atoms in total. The normalized spacial score (nSPS) is 18.3. The smallest absolute Gasteiger partial charge is 0.266 e. The number of hydrogen-bond acceptors (Lipinski definition) is 5. The molecule has 4 rings (SSSR count). The van der Waals surface area contributed by atoms with Crippen molar-refractivity contribution in [3.05, 3.63) is 54.5 Å². The topological polar surface area (TPSA) is 55.3 Å². The van der Waals surface area contributed by atoms with E-state index in [0.29, 0.717) is 11.8 Å². The van der Waals surface area contributed by atoms with Crippen LogP contribution in [-0.2, 0) is 0 Å². The Kier molecular flexibility index (Phi) is 2.96. The quantitative estimate of drug-likeness (QED) is 0.733. The van der Waals surface area contributed by atoms with Gasteiger partial charge < -0.3 is 13.8 Å². The molecule has 0 N–H and O–H groups in total. The van der Waals surface area contributed by atoms with Crippen LogP contribution in [0.25, 0.3) is 11.5 Å². The summed E-state index contributed by atoms with van der Waals surface area (Å²) in [5.41, 5.74) is 0.935. The van der Waals surface area contributed by atoms with Gasteiger partial charge in [0, 0.05) is 12.1 Å². The summed E-state index contributed by atoms with van der Waals surface area (Å²) in [7, 11) is 0. The number of rotatable bonds is 3. The van der Waals surface area contributed by atoms with Crippen molar-refractivity contribution in [3.63, 3.8) is 0 Å². The van der Waals surface area contributed by atoms with Crippen LogP contribution in [0.5, 0.6) is 0 Å². The van der Waals surface area contributed by atoms with E-state index in [1.807, 2.05) is 42.5 Å². The lowest BCUT2D eigenvalue weighted by atomic mass is 10.2. The number of anilines is 1. The van der Waals surface area contributed by atoms with Crippen LogP contribution in [0.2, 0.25) is 0 Å². The molecule has 1 aliphatic rings. The molecule has 0 aliphatic carbocycles. The third-order valence-corrected chi connectivity index (χ3v) is 3.82. The monoisotopic (exact) mass is 281 g/mol. The van der Waals surface area contributed by atoms with Crippen LogP contribution in [0.1, 0.15) is 24.6 Å². The Morgan fingerprint density at radius 3 is 2.81 bits per heavy atom. The standard InChI is InChI=1S/C16H15N3O2/c1-2-6-12(7-3-1)15-17-16(18-21-15)19-10-4-8-13(19)14-9-5-11-20-14/h1-3,5-7,9,11,13H,4,8,10H2. The summed E-state index contributed by atoms with van der Waals surface area (Å²) >= 11 is 0. The Morgan fingerprint density at radius 1 is 1.10 bits per heavy atom. The molecular weight excluding hydrogens is 266 g/mol. The summed E-state index contributed by atoms with van der Waals surface area (Å²) in [6.45, 7) is 0.916. The van der Waals surface area contributed by atoms with Gasteiger partial charge in [-0.25, -0.2) is 0 Å². The van der Waals surface area contributed by atoms with Crippen LogP contribution in [0.4, 0.5) is 5.95 Å². The molecule has 106 valence electrons. The first-order valence-electron chi connectivity index (χ1n) is 7.11. The molecule has 0 saturated carbocycles. The number of hydrogen-bond donors (Lipinski definition) is 0. The summed E-state index contributed by atoms with van der Waals surface area (Å²) in [6.07, 6.45) is 3.85. The van der Waals surface area contributed by atoms with Gasteiger partial charge in [0.2, 0.25) is 0 Å². The van der Waals surface area contributed by atoms with Gasteiger partial charge in [-0.3, -0.25) is 0 Å². The van der Waals surface area contributed by atoms with E-state index in [4.69, 9.17) is 8.94 Å². The SMILES string of the molecule is c1ccc(-c2nc(N3CCCC3c3ccco3)no2)cc1. The predicted octanol–water partition coefficient (Wildman–Crippen LogP) is 3.67. The molecule has 3 heterocycles. The van der Waals surface area contributed by atoms with Crippen molar-refractivity contribution in [2.45, 2.75) is 18.9 Å². The molecule has 3 aromatic rings. The Hall–Kier alpha value is -2.56. The average molecular weight is 281 g/mol. The van der Waals surface area contributed by atoms with Crippen molar-refractivity contribution < 1.29 is 8.94 Å². The van der Waals surface area contributed by atoms with Gasteiger partial charge in [0.05, 0.1) is 12.3 Å². The van der Waals surface area contributed by atoms with Crippen molar-refractivity contribution in [2.75, 3.05) is 11.4 Å². The summed E-state index contributed by atoms with van der Waals surface area (Å²) in [4.78, 5) is 6.68. The highest BCUT2D eigenvalue weighted by Crippen LogP contribution is 2.35. The molecule has 0 spiro atoms. The zero-order valence-corrected chi connectivity index (χ0v) is 11.5. The van der Waals surface area contributed by atoms with Crippen LogP contribution in [0.15, 0.2) is 57.7 Å². The maximum atomic E-state index is 5.53. The van der Waals surface area contributed by atoms with E-state index in [2.05, 4.69) is 15.0 Å². The fraction of sp³-hybridized carbons (Fsp3) is 0.250. The molecule has 1 aliphatic heterocycles. The molecule has 1 unspecified atom stereocenters. The van der Waals surface area contributed by atoms with Crippen molar-refractivity contribution in [1.82, 2.24) is 10.1 Å². The zero-order valence-electron chi connectivity index (χ0n) is 11.5. The van der Waals surface area contributed by atoms with Gasteiger partial charge in [0.15, 0.2) is 0 Å². The summed E-state index contributed by atoms with van der Waals surface area (Å²) in [5.74, 6) is 2.14. The van der Waals surface area contributed by atoms with E-state index in [0.717, 1.165) is 30.7 Å². The molecule has 21 heavy (non-hydrogen) atoms. The highest BCUT2D eigenvalue weighted by atomic mass is 16.5. The van der Waals surface area contributed by atoms with Crippen LogP contribution in [0, 0.1) is 0 Å². The van der Waals surface area contributed by atoms with Crippen LogP contribution in [-0.4, -0.2) is 16.7 Å². The average Bonchev–Trinajstić information content (AvgIpc) is 3.27. The van der Waals surface area contributed by atoms with Crippen molar-refractivity contribution in [2.24, 2.45) is 0 Å². The van der Waals surface area contributed by atoms with Crippen molar-refractivity contribution in [1.29, 1.82) is 0 Å². The second-order valence-corrected chi connectivity index (χ2v) is 5.13. The van der Waals surface area contributed by atoms with E-state index in [1.165, 1.54) is 0 Å². The summed E-state index contributed by atoms with van der Waals surface area (Å²) < 4.78 is 10.9. The van der Waals surface area contributed by atoms with Crippen LogP contribution >= 0.6 is 0 Å². The molecule has 1 saturated heterocycles. The predicted molar refractivity (Wildman–Crippen MR) is 77.8 cm³/mol. The minimum Gasteiger partial charge on any atom is -0.467 e. The molecule has 0 bridgehead atoms. The molecule has 1 atom stereocenters. The first kappa shape index (κ1) is 12.2. The molecule has 2 aromatic heterocycles. The first-order chi connectivity index (χ1) is 10.4. The van der Waals surface area contributed by atoms with Gasteiger partial charge >= 0.3 is 0 Å². The lowest BCUT2D eigenvalue weighted by Crippen LogP contribution is -2.23. The van der Waals surface area contributed by atoms with Gasteiger partial charge in [0.1, 0.15) is 5.76 Å². The Bertz CT molecular complexity index is 706. The number of furan rings is 1. The summed E-state index contributed by atoms with van der Waals surface area (Å²) in [6, 6.07) is 13.9. The lowest BCUT2D eigenvalue weighted by molar-refractivity contribution is 0.423. The highest BCUT2D eigenvalue weighted by Gasteiger charge is 2.31.